The van der Waals surface area contributed by atoms with Gasteiger partial charge in [0.2, 0.25) is 0 Å². The Kier molecular flexibility index (Phi) is 6.44. The van der Waals surface area contributed by atoms with Crippen LogP contribution in [0.3, 0.4) is 0 Å². The number of anilines is 1. The quantitative estimate of drug-likeness (QED) is 0.575. The van der Waals surface area contributed by atoms with E-state index in [2.05, 4.69) is 21.8 Å². The molecule has 1 aliphatic heterocycles. The maximum atomic E-state index is 12.7. The van der Waals surface area contributed by atoms with Gasteiger partial charge in [-0.05, 0) is 68.4 Å². The third-order valence-corrected chi connectivity index (χ3v) is 7.76. The number of sulfone groups is 1. The maximum absolute atomic E-state index is 12.7. The SMILES string of the molecule is COc1cc(-c2ccc3ncc(S(C)(=O)=O)c(N(C)C4CCN(C)CC4)c3c2)cc(Cl)c1O. The van der Waals surface area contributed by atoms with Crippen LogP contribution in [-0.4, -0.2) is 70.0 Å². The highest BCUT2D eigenvalue weighted by Crippen LogP contribution is 2.41. The van der Waals surface area contributed by atoms with Crippen LogP contribution in [0.2, 0.25) is 5.02 Å². The highest BCUT2D eigenvalue weighted by molar-refractivity contribution is 7.90. The molecule has 0 atom stereocenters. The summed E-state index contributed by atoms with van der Waals surface area (Å²) >= 11 is 6.21. The molecule has 1 aliphatic rings. The Balaban J connectivity index is 1.92. The molecule has 33 heavy (non-hydrogen) atoms. The Morgan fingerprint density at radius 2 is 1.88 bits per heavy atom. The van der Waals surface area contributed by atoms with E-state index in [1.165, 1.54) is 19.6 Å². The summed E-state index contributed by atoms with van der Waals surface area (Å²) < 4.78 is 30.7. The van der Waals surface area contributed by atoms with Gasteiger partial charge in [-0.3, -0.25) is 4.98 Å². The van der Waals surface area contributed by atoms with Crippen LogP contribution < -0.4 is 9.64 Å². The Morgan fingerprint density at radius 1 is 1.18 bits per heavy atom. The minimum Gasteiger partial charge on any atom is -0.503 e. The Hall–Kier alpha value is -2.55. The number of nitrogens with zero attached hydrogens (tertiary/aromatic N) is 3. The molecule has 1 fully saturated rings. The summed E-state index contributed by atoms with van der Waals surface area (Å²) in [7, 11) is 2.02. The predicted octanol–water partition coefficient (Wildman–Crippen LogP) is 4.20. The smallest absolute Gasteiger partial charge is 0.179 e. The molecular formula is C24H28ClN3O4S. The van der Waals surface area contributed by atoms with Gasteiger partial charge in [0.1, 0.15) is 4.90 Å². The molecule has 0 aliphatic carbocycles. The molecule has 0 spiro atoms. The number of pyridine rings is 1. The molecule has 4 rings (SSSR count). The molecule has 7 nitrogen and oxygen atoms in total. The second kappa shape index (κ2) is 9.00. The number of likely N-dealkylation sites (tertiary alicyclic amines) is 1. The molecule has 176 valence electrons. The fourth-order valence-electron chi connectivity index (χ4n) is 4.44. The zero-order chi connectivity index (χ0) is 23.9. The lowest BCUT2D eigenvalue weighted by molar-refractivity contribution is 0.252. The highest BCUT2D eigenvalue weighted by Gasteiger charge is 2.27. The average molecular weight is 490 g/mol. The normalized spacial score (nSPS) is 15.7. The molecule has 1 saturated heterocycles. The van der Waals surface area contributed by atoms with E-state index in [4.69, 9.17) is 16.3 Å². The van der Waals surface area contributed by atoms with E-state index in [1.807, 2.05) is 25.2 Å². The fourth-order valence-corrected chi connectivity index (χ4v) is 5.50. The number of piperidine rings is 1. The molecule has 0 unspecified atom stereocenters. The van der Waals surface area contributed by atoms with Crippen molar-refractivity contribution in [2.24, 2.45) is 0 Å². The number of phenolic OH excluding ortho intramolecular Hbond substituents is 1. The van der Waals surface area contributed by atoms with Crippen molar-refractivity contribution in [2.75, 3.05) is 45.5 Å². The lowest BCUT2D eigenvalue weighted by Gasteiger charge is -2.37. The molecule has 0 radical (unpaired) electrons. The number of phenols is 1. The van der Waals surface area contributed by atoms with Crippen molar-refractivity contribution in [1.29, 1.82) is 0 Å². The van der Waals surface area contributed by atoms with Gasteiger partial charge >= 0.3 is 0 Å². The van der Waals surface area contributed by atoms with E-state index < -0.39 is 9.84 Å². The second-order valence-corrected chi connectivity index (χ2v) is 11.0. The number of aromatic hydroxyl groups is 1. The van der Waals surface area contributed by atoms with Crippen LogP contribution >= 0.6 is 11.6 Å². The van der Waals surface area contributed by atoms with Crippen LogP contribution in [0.5, 0.6) is 11.5 Å². The Bertz CT molecular complexity index is 1300. The molecular weight excluding hydrogens is 462 g/mol. The van der Waals surface area contributed by atoms with E-state index in [9.17, 15) is 13.5 Å². The van der Waals surface area contributed by atoms with Crippen LogP contribution in [0.25, 0.3) is 22.0 Å². The van der Waals surface area contributed by atoms with E-state index >= 15 is 0 Å². The number of hydrogen-bond donors (Lipinski definition) is 1. The highest BCUT2D eigenvalue weighted by atomic mass is 35.5. The number of benzene rings is 2. The van der Waals surface area contributed by atoms with Crippen LogP contribution in [0, 0.1) is 0 Å². The van der Waals surface area contributed by atoms with E-state index in [0.29, 0.717) is 11.2 Å². The first-order valence-electron chi connectivity index (χ1n) is 10.7. The number of ether oxygens (including phenoxy) is 1. The summed E-state index contributed by atoms with van der Waals surface area (Å²) in [6.07, 6.45) is 4.57. The fraction of sp³-hybridized carbons (Fsp3) is 0.375. The van der Waals surface area contributed by atoms with E-state index in [1.54, 1.807) is 12.1 Å². The minimum absolute atomic E-state index is 0.118. The summed E-state index contributed by atoms with van der Waals surface area (Å²) in [6, 6.07) is 9.29. The summed E-state index contributed by atoms with van der Waals surface area (Å²) in [5.74, 6) is 0.150. The zero-order valence-electron chi connectivity index (χ0n) is 19.2. The molecule has 3 aromatic rings. The summed E-state index contributed by atoms with van der Waals surface area (Å²) in [4.78, 5) is 9.04. The average Bonchev–Trinajstić information content (AvgIpc) is 2.79. The number of fused-ring (bicyclic) bond motifs is 1. The molecule has 0 bridgehead atoms. The van der Waals surface area contributed by atoms with Crippen LogP contribution in [0.4, 0.5) is 5.69 Å². The van der Waals surface area contributed by atoms with Gasteiger partial charge in [-0.25, -0.2) is 8.42 Å². The Labute approximate surface area is 199 Å². The molecule has 1 aromatic heterocycles. The third kappa shape index (κ3) is 4.60. The Morgan fingerprint density at radius 3 is 2.52 bits per heavy atom. The van der Waals surface area contributed by atoms with Crippen LogP contribution in [0.15, 0.2) is 41.4 Å². The van der Waals surface area contributed by atoms with Gasteiger partial charge in [-0.15, -0.1) is 0 Å². The summed E-state index contributed by atoms with van der Waals surface area (Å²) in [5.41, 5.74) is 2.93. The van der Waals surface area contributed by atoms with Crippen molar-refractivity contribution in [2.45, 2.75) is 23.8 Å². The van der Waals surface area contributed by atoms with Gasteiger partial charge < -0.3 is 19.6 Å². The summed E-state index contributed by atoms with van der Waals surface area (Å²) in [5, 5.41) is 11.0. The molecule has 0 saturated carbocycles. The molecule has 0 amide bonds. The van der Waals surface area contributed by atoms with Gasteiger partial charge in [0.25, 0.3) is 0 Å². The number of hydrogen-bond acceptors (Lipinski definition) is 7. The van der Waals surface area contributed by atoms with Crippen molar-refractivity contribution in [3.05, 3.63) is 41.6 Å². The van der Waals surface area contributed by atoms with Gasteiger partial charge in [-0.1, -0.05) is 17.7 Å². The molecule has 1 N–H and O–H groups in total. The van der Waals surface area contributed by atoms with Crippen LogP contribution in [0.1, 0.15) is 12.8 Å². The maximum Gasteiger partial charge on any atom is 0.179 e. The monoisotopic (exact) mass is 489 g/mol. The minimum atomic E-state index is -3.51. The summed E-state index contributed by atoms with van der Waals surface area (Å²) in [6.45, 7) is 1.92. The molecule has 2 aromatic carbocycles. The second-order valence-electron chi connectivity index (χ2n) is 8.63. The van der Waals surface area contributed by atoms with Gasteiger partial charge in [0, 0.05) is 30.9 Å². The van der Waals surface area contributed by atoms with Crippen molar-refractivity contribution < 1.29 is 18.3 Å². The van der Waals surface area contributed by atoms with Crippen LogP contribution in [-0.2, 0) is 9.84 Å². The number of halogens is 1. The first-order chi connectivity index (χ1) is 15.6. The van der Waals surface area contributed by atoms with E-state index in [-0.39, 0.29) is 27.5 Å². The standard InChI is InChI=1S/C24H28ClN3O4S/c1-27-9-7-17(8-10-27)28(2)23-18-11-15(16-12-19(25)24(29)21(13-16)32-3)5-6-20(18)26-14-22(23)33(4,30)31/h5-6,11-14,17,29H,7-10H2,1-4H3. The zero-order valence-corrected chi connectivity index (χ0v) is 20.7. The van der Waals surface area contributed by atoms with Crippen molar-refractivity contribution in [1.82, 2.24) is 9.88 Å². The predicted molar refractivity (Wildman–Crippen MR) is 132 cm³/mol. The number of aromatic nitrogens is 1. The van der Waals surface area contributed by atoms with Gasteiger partial charge in [0.15, 0.2) is 21.3 Å². The lowest BCUT2D eigenvalue weighted by atomic mass is 9.99. The largest absolute Gasteiger partial charge is 0.503 e. The molecule has 2 heterocycles. The number of methoxy groups -OCH3 is 1. The van der Waals surface area contributed by atoms with Crippen molar-refractivity contribution in [3.63, 3.8) is 0 Å². The van der Waals surface area contributed by atoms with Gasteiger partial charge in [-0.2, -0.15) is 0 Å². The van der Waals surface area contributed by atoms with Gasteiger partial charge in [0.05, 0.1) is 23.3 Å². The number of rotatable bonds is 5. The first kappa shape index (κ1) is 23.6. The van der Waals surface area contributed by atoms with E-state index in [0.717, 1.165) is 42.4 Å². The topological polar surface area (TPSA) is 83.0 Å². The molecule has 9 heteroatoms. The third-order valence-electron chi connectivity index (χ3n) is 6.38. The van der Waals surface area contributed by atoms with Crippen molar-refractivity contribution in [3.8, 4) is 22.6 Å². The van der Waals surface area contributed by atoms with Crippen molar-refractivity contribution >= 4 is 38.0 Å². The lowest BCUT2D eigenvalue weighted by Crippen LogP contribution is -2.42. The first-order valence-corrected chi connectivity index (χ1v) is 13.0.